The van der Waals surface area contributed by atoms with Gasteiger partial charge >= 0.3 is 0 Å². The summed E-state index contributed by atoms with van der Waals surface area (Å²) in [4.78, 5) is 24.2. The first kappa shape index (κ1) is 18.4. The first-order chi connectivity index (χ1) is 12.9. The molecule has 1 aromatic carbocycles. The van der Waals surface area contributed by atoms with Gasteiger partial charge < -0.3 is 9.80 Å². The van der Waals surface area contributed by atoms with E-state index in [0.717, 1.165) is 55.8 Å². The SMILES string of the molecule is CC(C)(C)c1nsc(N2CCN(C3CCN(c4ccccc4)C3=O)CC2)n1. The van der Waals surface area contributed by atoms with E-state index in [9.17, 15) is 4.79 Å². The highest BCUT2D eigenvalue weighted by Gasteiger charge is 2.38. The van der Waals surface area contributed by atoms with E-state index in [-0.39, 0.29) is 17.4 Å². The zero-order valence-electron chi connectivity index (χ0n) is 16.3. The van der Waals surface area contributed by atoms with Crippen LogP contribution in [-0.4, -0.2) is 58.9 Å². The van der Waals surface area contributed by atoms with E-state index in [2.05, 4.69) is 34.9 Å². The quantitative estimate of drug-likeness (QED) is 0.813. The van der Waals surface area contributed by atoms with Crippen molar-refractivity contribution in [3.8, 4) is 0 Å². The molecule has 2 saturated heterocycles. The Kier molecular flexibility index (Phi) is 4.90. The van der Waals surface area contributed by atoms with Crippen molar-refractivity contribution in [3.05, 3.63) is 36.2 Å². The predicted molar refractivity (Wildman–Crippen MR) is 110 cm³/mol. The van der Waals surface area contributed by atoms with Crippen LogP contribution in [0.4, 0.5) is 10.8 Å². The van der Waals surface area contributed by atoms with Gasteiger partial charge in [-0.2, -0.15) is 4.37 Å². The van der Waals surface area contributed by atoms with Gasteiger partial charge in [0.05, 0.1) is 6.04 Å². The van der Waals surface area contributed by atoms with Gasteiger partial charge in [-0.05, 0) is 18.6 Å². The minimum Gasteiger partial charge on any atom is -0.344 e. The number of piperazine rings is 1. The van der Waals surface area contributed by atoms with Gasteiger partial charge in [-0.15, -0.1) is 0 Å². The molecule has 2 aliphatic rings. The van der Waals surface area contributed by atoms with Crippen molar-refractivity contribution in [1.82, 2.24) is 14.3 Å². The molecule has 2 fully saturated rings. The summed E-state index contributed by atoms with van der Waals surface area (Å²) in [6, 6.07) is 10.00. The van der Waals surface area contributed by atoms with Crippen molar-refractivity contribution in [3.63, 3.8) is 0 Å². The number of nitrogens with zero attached hydrogens (tertiary/aromatic N) is 5. The van der Waals surface area contributed by atoms with Crippen LogP contribution in [-0.2, 0) is 10.2 Å². The summed E-state index contributed by atoms with van der Waals surface area (Å²) in [6.45, 7) is 10.8. The van der Waals surface area contributed by atoms with E-state index in [1.54, 1.807) is 0 Å². The summed E-state index contributed by atoms with van der Waals surface area (Å²) in [5.41, 5.74) is 0.987. The van der Waals surface area contributed by atoms with Crippen LogP contribution >= 0.6 is 11.5 Å². The molecule has 144 valence electrons. The molecule has 0 saturated carbocycles. The Balaban J connectivity index is 1.37. The number of amides is 1. The van der Waals surface area contributed by atoms with E-state index in [0.29, 0.717) is 0 Å². The second-order valence-electron chi connectivity index (χ2n) is 8.30. The Morgan fingerprint density at radius 1 is 1.04 bits per heavy atom. The van der Waals surface area contributed by atoms with Gasteiger partial charge in [0.2, 0.25) is 11.0 Å². The van der Waals surface area contributed by atoms with Crippen LogP contribution in [0.3, 0.4) is 0 Å². The van der Waals surface area contributed by atoms with E-state index in [1.165, 1.54) is 11.5 Å². The van der Waals surface area contributed by atoms with Gasteiger partial charge in [0.1, 0.15) is 5.82 Å². The average molecular weight is 386 g/mol. The molecule has 1 amide bonds. The van der Waals surface area contributed by atoms with Crippen LogP contribution in [0.15, 0.2) is 30.3 Å². The number of rotatable bonds is 3. The van der Waals surface area contributed by atoms with Crippen LogP contribution in [0.2, 0.25) is 0 Å². The Morgan fingerprint density at radius 3 is 2.37 bits per heavy atom. The maximum Gasteiger partial charge on any atom is 0.244 e. The first-order valence-electron chi connectivity index (χ1n) is 9.63. The Hall–Kier alpha value is -1.99. The minimum atomic E-state index is -0.0201. The lowest BCUT2D eigenvalue weighted by atomic mass is 9.96. The smallest absolute Gasteiger partial charge is 0.244 e. The fourth-order valence-electron chi connectivity index (χ4n) is 3.74. The second-order valence-corrected chi connectivity index (χ2v) is 9.03. The number of hydrogen-bond acceptors (Lipinski definition) is 6. The van der Waals surface area contributed by atoms with Crippen molar-refractivity contribution in [2.24, 2.45) is 0 Å². The molecule has 1 atom stereocenters. The normalized spacial score (nSPS) is 21.9. The van der Waals surface area contributed by atoms with Gasteiger partial charge in [-0.25, -0.2) is 4.98 Å². The number of benzene rings is 1. The Bertz CT molecular complexity index is 792. The summed E-state index contributed by atoms with van der Waals surface area (Å²) in [6.07, 6.45) is 0.903. The molecule has 3 heterocycles. The number of carbonyl (C=O) groups is 1. The van der Waals surface area contributed by atoms with Gasteiger partial charge in [0.25, 0.3) is 0 Å². The van der Waals surface area contributed by atoms with Crippen molar-refractivity contribution in [1.29, 1.82) is 0 Å². The summed E-state index contributed by atoms with van der Waals surface area (Å²) in [5.74, 6) is 1.15. The standard InChI is InChI=1S/C20H27N5OS/c1-20(2,3)18-21-19(27-22-18)24-13-11-23(12-14-24)16-9-10-25(17(16)26)15-7-5-4-6-8-15/h4-8,16H,9-14H2,1-3H3. The molecule has 1 aromatic heterocycles. The lowest BCUT2D eigenvalue weighted by Gasteiger charge is -2.37. The van der Waals surface area contributed by atoms with E-state index >= 15 is 0 Å². The highest BCUT2D eigenvalue weighted by molar-refractivity contribution is 7.09. The van der Waals surface area contributed by atoms with E-state index in [1.807, 2.05) is 35.2 Å². The fourth-order valence-corrected chi connectivity index (χ4v) is 4.65. The van der Waals surface area contributed by atoms with Gasteiger partial charge in [0, 0.05) is 55.4 Å². The Labute approximate surface area is 165 Å². The lowest BCUT2D eigenvalue weighted by molar-refractivity contribution is -0.121. The average Bonchev–Trinajstić information content (AvgIpc) is 3.30. The highest BCUT2D eigenvalue weighted by Crippen LogP contribution is 2.28. The van der Waals surface area contributed by atoms with E-state index in [4.69, 9.17) is 4.98 Å². The number of para-hydroxylation sites is 1. The van der Waals surface area contributed by atoms with Crippen LogP contribution in [0.25, 0.3) is 0 Å². The fraction of sp³-hybridized carbons (Fsp3) is 0.550. The molecule has 27 heavy (non-hydrogen) atoms. The second kappa shape index (κ2) is 7.20. The van der Waals surface area contributed by atoms with Crippen LogP contribution < -0.4 is 9.80 Å². The molecular formula is C20H27N5OS. The molecule has 1 unspecified atom stereocenters. The number of aromatic nitrogens is 2. The summed E-state index contributed by atoms with van der Waals surface area (Å²) in [5, 5.41) is 1.00. The molecule has 6 nitrogen and oxygen atoms in total. The van der Waals surface area contributed by atoms with Crippen LogP contribution in [0.5, 0.6) is 0 Å². The van der Waals surface area contributed by atoms with Crippen molar-refractivity contribution < 1.29 is 4.79 Å². The van der Waals surface area contributed by atoms with Crippen molar-refractivity contribution in [2.75, 3.05) is 42.5 Å². The Morgan fingerprint density at radius 2 is 1.74 bits per heavy atom. The van der Waals surface area contributed by atoms with Gasteiger partial charge in [0.15, 0.2) is 0 Å². The van der Waals surface area contributed by atoms with Crippen LogP contribution in [0, 0.1) is 0 Å². The molecule has 2 aromatic rings. The third kappa shape index (κ3) is 3.71. The summed E-state index contributed by atoms with van der Waals surface area (Å²) >= 11 is 1.49. The molecule has 7 heteroatoms. The predicted octanol–water partition coefficient (Wildman–Crippen LogP) is 2.76. The van der Waals surface area contributed by atoms with E-state index < -0.39 is 0 Å². The maximum atomic E-state index is 12.9. The molecule has 4 rings (SSSR count). The molecular weight excluding hydrogens is 358 g/mol. The van der Waals surface area contributed by atoms with Crippen LogP contribution in [0.1, 0.15) is 33.0 Å². The summed E-state index contributed by atoms with van der Waals surface area (Å²) in [7, 11) is 0. The lowest BCUT2D eigenvalue weighted by Crippen LogP contribution is -2.52. The van der Waals surface area contributed by atoms with Crippen molar-refractivity contribution >= 4 is 28.3 Å². The first-order valence-corrected chi connectivity index (χ1v) is 10.4. The maximum absolute atomic E-state index is 12.9. The number of hydrogen-bond donors (Lipinski definition) is 0. The molecule has 0 aliphatic carbocycles. The van der Waals surface area contributed by atoms with Crippen molar-refractivity contribution in [2.45, 2.75) is 38.6 Å². The topological polar surface area (TPSA) is 52.6 Å². The largest absolute Gasteiger partial charge is 0.344 e. The van der Waals surface area contributed by atoms with Gasteiger partial charge in [-0.3, -0.25) is 9.69 Å². The van der Waals surface area contributed by atoms with Gasteiger partial charge in [-0.1, -0.05) is 39.0 Å². The highest BCUT2D eigenvalue weighted by atomic mass is 32.1. The molecule has 0 spiro atoms. The summed E-state index contributed by atoms with van der Waals surface area (Å²) < 4.78 is 4.53. The molecule has 0 bridgehead atoms. The third-order valence-corrected chi connectivity index (χ3v) is 6.13. The monoisotopic (exact) mass is 385 g/mol. The molecule has 0 radical (unpaired) electrons. The zero-order chi connectivity index (χ0) is 19.0. The molecule has 0 N–H and O–H groups in total. The zero-order valence-corrected chi connectivity index (χ0v) is 17.1. The number of anilines is 2. The molecule has 2 aliphatic heterocycles. The minimum absolute atomic E-state index is 0.00640. The number of carbonyl (C=O) groups excluding carboxylic acids is 1. The third-order valence-electron chi connectivity index (χ3n) is 5.36.